The van der Waals surface area contributed by atoms with E-state index in [0.717, 1.165) is 9.04 Å². The molecule has 0 aliphatic rings. The predicted molar refractivity (Wildman–Crippen MR) is 142 cm³/mol. The molecule has 2 aromatic carbocycles. The number of ether oxygens (including phenoxy) is 2. The third kappa shape index (κ3) is 4.78. The third-order valence-corrected chi connectivity index (χ3v) is 6.33. The zero-order chi connectivity index (χ0) is 27.0. The number of aromatic nitrogens is 5. The van der Waals surface area contributed by atoms with Gasteiger partial charge in [-0.3, -0.25) is 18.9 Å². The van der Waals surface area contributed by atoms with E-state index in [1.54, 1.807) is 49.6 Å². The molecule has 4 N–H and O–H groups in total. The van der Waals surface area contributed by atoms with Crippen molar-refractivity contribution in [3.05, 3.63) is 67.8 Å². The van der Waals surface area contributed by atoms with Gasteiger partial charge in [0.1, 0.15) is 24.2 Å². The molecular weight excluding hydrogens is 562 g/mol. The first-order chi connectivity index (χ1) is 18.2. The van der Waals surface area contributed by atoms with Gasteiger partial charge in [0.05, 0.1) is 19.2 Å². The maximum Gasteiger partial charge on any atom is 0.329 e. The molecule has 1 atom stereocenters. The van der Waals surface area contributed by atoms with E-state index < -0.39 is 17.4 Å². The monoisotopic (exact) mass is 583 g/mol. The minimum absolute atomic E-state index is 0.0236. The molecule has 0 bridgehead atoms. The van der Waals surface area contributed by atoms with Crippen LogP contribution in [0.25, 0.3) is 22.1 Å². The van der Waals surface area contributed by atoms with E-state index >= 15 is 0 Å². The Kier molecular flexibility index (Phi) is 6.73. The summed E-state index contributed by atoms with van der Waals surface area (Å²) in [5, 5.41) is 30.1. The number of halogens is 1. The maximum atomic E-state index is 12.7. The fourth-order valence-corrected chi connectivity index (χ4v) is 4.29. The maximum absolute atomic E-state index is 12.7. The van der Waals surface area contributed by atoms with Crippen molar-refractivity contribution in [3.63, 3.8) is 0 Å². The van der Waals surface area contributed by atoms with Gasteiger partial charge in [-0.15, -0.1) is 10.2 Å². The van der Waals surface area contributed by atoms with Crippen LogP contribution in [0.5, 0.6) is 17.4 Å². The largest absolute Gasteiger partial charge is 0.497 e. The molecule has 0 aliphatic carbocycles. The van der Waals surface area contributed by atoms with E-state index in [1.165, 1.54) is 11.6 Å². The fraction of sp³-hybridized carbons (Fsp3) is 0.208. The Morgan fingerprint density at radius 3 is 2.58 bits per heavy atom. The second-order valence-electron chi connectivity index (χ2n) is 8.37. The van der Waals surface area contributed by atoms with E-state index in [1.807, 2.05) is 0 Å². The van der Waals surface area contributed by atoms with Gasteiger partial charge in [0, 0.05) is 16.9 Å². The van der Waals surface area contributed by atoms with Crippen LogP contribution in [0.4, 0.5) is 11.6 Å². The standard InChI is InChI=1S/C24H22BrN7O6/c1-31-20-19(22(35)28-24(31)36)32(10-13(33)11-38-15-6-4-14(37-2)5-7-15)23(27-20)30-29-18-16-9-12(25)3-8-17(16)26-21(18)34/h3-9,13,26,33-34H,10-11H2,1-2H3,(H,28,35,36)/t13-/m1/s1. The number of hydrogen-bond donors (Lipinski definition) is 4. The molecule has 0 unspecified atom stereocenters. The smallest absolute Gasteiger partial charge is 0.329 e. The summed E-state index contributed by atoms with van der Waals surface area (Å²) >= 11 is 3.39. The van der Waals surface area contributed by atoms with Crippen molar-refractivity contribution < 1.29 is 19.7 Å². The Balaban J connectivity index is 1.50. The van der Waals surface area contributed by atoms with Crippen LogP contribution in [-0.2, 0) is 13.6 Å². The quantitative estimate of drug-likeness (QED) is 0.203. The molecule has 196 valence electrons. The lowest BCUT2D eigenvalue weighted by Crippen LogP contribution is -2.30. The van der Waals surface area contributed by atoms with Gasteiger partial charge >= 0.3 is 5.69 Å². The second-order valence-corrected chi connectivity index (χ2v) is 9.28. The molecule has 14 heteroatoms. The van der Waals surface area contributed by atoms with E-state index in [9.17, 15) is 19.8 Å². The number of aryl methyl sites for hydroxylation is 1. The molecule has 13 nitrogen and oxygen atoms in total. The number of azo groups is 1. The number of benzene rings is 2. The van der Waals surface area contributed by atoms with Crippen molar-refractivity contribution in [2.75, 3.05) is 13.7 Å². The Morgan fingerprint density at radius 1 is 1.11 bits per heavy atom. The molecule has 0 saturated carbocycles. The lowest BCUT2D eigenvalue weighted by atomic mass is 10.2. The van der Waals surface area contributed by atoms with Gasteiger partial charge in [0.25, 0.3) is 11.5 Å². The number of rotatable bonds is 8. The molecule has 0 aliphatic heterocycles. The van der Waals surface area contributed by atoms with Crippen molar-refractivity contribution in [2.24, 2.45) is 17.3 Å². The molecule has 0 amide bonds. The van der Waals surface area contributed by atoms with Crippen LogP contribution in [0.2, 0.25) is 0 Å². The molecular formula is C24H22BrN7O6. The van der Waals surface area contributed by atoms with Crippen LogP contribution in [0.1, 0.15) is 0 Å². The number of aromatic hydroxyl groups is 1. The molecule has 0 radical (unpaired) electrons. The fourth-order valence-electron chi connectivity index (χ4n) is 3.93. The van der Waals surface area contributed by atoms with Gasteiger partial charge < -0.3 is 24.7 Å². The van der Waals surface area contributed by atoms with Crippen LogP contribution in [0, 0.1) is 0 Å². The molecule has 3 heterocycles. The van der Waals surface area contributed by atoms with E-state index in [0.29, 0.717) is 22.4 Å². The molecule has 38 heavy (non-hydrogen) atoms. The number of fused-ring (bicyclic) bond motifs is 2. The number of aliphatic hydroxyl groups excluding tert-OH is 1. The van der Waals surface area contributed by atoms with Crippen LogP contribution >= 0.6 is 15.9 Å². The highest BCUT2D eigenvalue weighted by molar-refractivity contribution is 9.10. The van der Waals surface area contributed by atoms with Crippen LogP contribution in [-0.4, -0.2) is 54.1 Å². The number of imidazole rings is 1. The van der Waals surface area contributed by atoms with Gasteiger partial charge in [0.15, 0.2) is 16.9 Å². The van der Waals surface area contributed by atoms with Crippen molar-refractivity contribution in [2.45, 2.75) is 12.6 Å². The minimum atomic E-state index is -1.09. The van der Waals surface area contributed by atoms with Gasteiger partial charge in [0.2, 0.25) is 5.88 Å². The van der Waals surface area contributed by atoms with E-state index in [-0.39, 0.29) is 41.8 Å². The second kappa shape index (κ2) is 10.1. The molecule has 0 saturated heterocycles. The van der Waals surface area contributed by atoms with Crippen molar-refractivity contribution in [1.82, 2.24) is 24.1 Å². The summed E-state index contributed by atoms with van der Waals surface area (Å²) in [6, 6.07) is 12.2. The number of aromatic amines is 2. The molecule has 0 fully saturated rings. The Hall–Kier alpha value is -4.43. The average Bonchev–Trinajstić information content (AvgIpc) is 3.41. The summed E-state index contributed by atoms with van der Waals surface area (Å²) in [5.74, 6) is 0.916. The zero-order valence-electron chi connectivity index (χ0n) is 20.2. The lowest BCUT2D eigenvalue weighted by Gasteiger charge is -2.14. The van der Waals surface area contributed by atoms with E-state index in [4.69, 9.17) is 9.47 Å². The lowest BCUT2D eigenvalue weighted by molar-refractivity contribution is 0.0937. The highest BCUT2D eigenvalue weighted by Crippen LogP contribution is 2.37. The highest BCUT2D eigenvalue weighted by atomic mass is 79.9. The first kappa shape index (κ1) is 25.2. The zero-order valence-corrected chi connectivity index (χ0v) is 21.8. The Labute approximate surface area is 222 Å². The summed E-state index contributed by atoms with van der Waals surface area (Å²) in [6.45, 7) is -0.253. The van der Waals surface area contributed by atoms with Gasteiger partial charge in [-0.1, -0.05) is 15.9 Å². The first-order valence-electron chi connectivity index (χ1n) is 11.3. The first-order valence-corrected chi connectivity index (χ1v) is 12.1. The van der Waals surface area contributed by atoms with Crippen LogP contribution in [0.15, 0.2) is 66.8 Å². The number of H-pyrrole nitrogens is 2. The normalized spacial score (nSPS) is 12.5. The summed E-state index contributed by atoms with van der Waals surface area (Å²) in [5.41, 5.74) is -0.473. The number of aliphatic hydroxyl groups is 1. The number of methoxy groups -OCH3 is 1. The van der Waals surface area contributed by atoms with Gasteiger partial charge in [-0.25, -0.2) is 4.79 Å². The average molecular weight is 584 g/mol. The summed E-state index contributed by atoms with van der Waals surface area (Å²) in [7, 11) is 3.01. The Morgan fingerprint density at radius 2 is 1.84 bits per heavy atom. The van der Waals surface area contributed by atoms with Gasteiger partial charge in [-0.2, -0.15) is 4.98 Å². The predicted octanol–water partition coefficient (Wildman–Crippen LogP) is 3.24. The number of nitrogens with zero attached hydrogens (tertiary/aromatic N) is 5. The summed E-state index contributed by atoms with van der Waals surface area (Å²) < 4.78 is 14.1. The van der Waals surface area contributed by atoms with E-state index in [2.05, 4.69) is 41.1 Å². The number of nitrogens with one attached hydrogen (secondary N) is 2. The molecule has 5 rings (SSSR count). The van der Waals surface area contributed by atoms with Crippen LogP contribution in [0.3, 0.4) is 0 Å². The molecule has 0 spiro atoms. The van der Waals surface area contributed by atoms with Gasteiger partial charge in [-0.05, 0) is 42.5 Å². The Bertz CT molecular complexity index is 1780. The highest BCUT2D eigenvalue weighted by Gasteiger charge is 2.21. The topological polar surface area (TPSA) is 172 Å². The SMILES string of the molecule is COc1ccc(OC[C@H](O)Cn2c(N=Nc3c(O)[nH]c4ccc(Br)cc34)nc3c2c(=O)[nH]c(=O)n3C)cc1. The minimum Gasteiger partial charge on any atom is -0.497 e. The van der Waals surface area contributed by atoms with Crippen molar-refractivity contribution in [1.29, 1.82) is 0 Å². The number of hydrogen-bond acceptors (Lipinski definition) is 9. The van der Waals surface area contributed by atoms with Crippen molar-refractivity contribution in [3.8, 4) is 17.4 Å². The summed E-state index contributed by atoms with van der Waals surface area (Å²) in [6.07, 6.45) is -1.09. The molecule has 5 aromatic rings. The molecule has 3 aromatic heterocycles. The van der Waals surface area contributed by atoms with Crippen LogP contribution < -0.4 is 20.7 Å². The van der Waals surface area contributed by atoms with Crippen molar-refractivity contribution >= 4 is 49.6 Å². The summed E-state index contributed by atoms with van der Waals surface area (Å²) in [4.78, 5) is 34.3. The third-order valence-electron chi connectivity index (χ3n) is 5.84.